The number of hydrogen-bond donors (Lipinski definition) is 1. The Balaban J connectivity index is 2.90. The Bertz CT molecular complexity index is 400. The molecule has 17 heavy (non-hydrogen) atoms. The lowest BCUT2D eigenvalue weighted by atomic mass is 10.3. The Morgan fingerprint density at radius 3 is 2.88 bits per heavy atom. The van der Waals surface area contributed by atoms with Crippen LogP contribution in [-0.2, 0) is 4.79 Å². The zero-order chi connectivity index (χ0) is 12.8. The first-order valence-corrected chi connectivity index (χ1v) is 6.56. The molecule has 0 radical (unpaired) electrons. The molecule has 4 nitrogen and oxygen atoms in total. The van der Waals surface area contributed by atoms with Crippen LogP contribution in [0.3, 0.4) is 0 Å². The van der Waals surface area contributed by atoms with Gasteiger partial charge in [-0.25, -0.2) is 4.98 Å². The second kappa shape index (κ2) is 6.81. The van der Waals surface area contributed by atoms with E-state index in [1.165, 1.54) is 0 Å². The van der Waals surface area contributed by atoms with E-state index in [9.17, 15) is 4.79 Å². The Morgan fingerprint density at radius 2 is 2.35 bits per heavy atom. The molecule has 1 amide bonds. The van der Waals surface area contributed by atoms with E-state index >= 15 is 0 Å². The van der Waals surface area contributed by atoms with E-state index in [0.29, 0.717) is 17.4 Å². The number of rotatable bonds is 6. The zero-order valence-corrected chi connectivity index (χ0v) is 12.0. The summed E-state index contributed by atoms with van der Waals surface area (Å²) in [6, 6.07) is 1.75. The van der Waals surface area contributed by atoms with Crippen LogP contribution >= 0.6 is 27.5 Å². The summed E-state index contributed by atoms with van der Waals surface area (Å²) in [6.45, 7) is 2.93. The molecule has 0 aliphatic carbocycles. The van der Waals surface area contributed by atoms with E-state index in [-0.39, 0.29) is 12.5 Å². The fourth-order valence-corrected chi connectivity index (χ4v) is 2.19. The molecule has 1 aromatic rings. The van der Waals surface area contributed by atoms with Gasteiger partial charge in [0.2, 0.25) is 5.91 Å². The predicted octanol–water partition coefficient (Wildman–Crippen LogP) is 2.59. The summed E-state index contributed by atoms with van der Waals surface area (Å²) in [5, 5.41) is 0.511. The fraction of sp³-hybridized carbons (Fsp3) is 0.455. The Morgan fingerprint density at radius 1 is 1.65 bits per heavy atom. The average Bonchev–Trinajstić information content (AvgIpc) is 2.24. The fourth-order valence-electron chi connectivity index (χ4n) is 1.44. The molecule has 0 aromatic carbocycles. The molecule has 6 heteroatoms. The lowest BCUT2D eigenvalue weighted by molar-refractivity contribution is -0.116. The second-order valence-electron chi connectivity index (χ2n) is 3.70. The molecule has 1 heterocycles. The summed E-state index contributed by atoms with van der Waals surface area (Å²) in [6.07, 6.45) is 3.64. The van der Waals surface area contributed by atoms with Crippen molar-refractivity contribution in [2.24, 2.45) is 5.73 Å². The molecule has 2 N–H and O–H groups in total. The number of aromatic nitrogens is 1. The summed E-state index contributed by atoms with van der Waals surface area (Å²) in [4.78, 5) is 17.1. The quantitative estimate of drug-likeness (QED) is 0.876. The van der Waals surface area contributed by atoms with Crippen molar-refractivity contribution in [2.45, 2.75) is 19.8 Å². The number of anilines is 1. The topological polar surface area (TPSA) is 59.2 Å². The van der Waals surface area contributed by atoms with Gasteiger partial charge in [-0.2, -0.15) is 0 Å². The number of pyridine rings is 1. The van der Waals surface area contributed by atoms with Crippen LogP contribution in [0.2, 0.25) is 5.02 Å². The summed E-state index contributed by atoms with van der Waals surface area (Å²) < 4.78 is 0.806. The predicted molar refractivity (Wildman–Crippen MR) is 73.3 cm³/mol. The average molecular weight is 321 g/mol. The lowest BCUT2D eigenvalue weighted by Gasteiger charge is -2.22. The van der Waals surface area contributed by atoms with E-state index in [1.807, 2.05) is 0 Å². The highest BCUT2D eigenvalue weighted by atomic mass is 79.9. The van der Waals surface area contributed by atoms with Crippen LogP contribution in [0.15, 0.2) is 16.7 Å². The first kappa shape index (κ1) is 14.3. The van der Waals surface area contributed by atoms with Crippen molar-refractivity contribution in [1.82, 2.24) is 4.98 Å². The van der Waals surface area contributed by atoms with Crippen LogP contribution in [0.1, 0.15) is 19.8 Å². The molecule has 0 saturated heterocycles. The molecular formula is C11H15BrClN3O. The van der Waals surface area contributed by atoms with E-state index in [4.69, 9.17) is 17.3 Å². The van der Waals surface area contributed by atoms with Crippen molar-refractivity contribution < 1.29 is 4.79 Å². The second-order valence-corrected chi connectivity index (χ2v) is 5.02. The molecule has 0 saturated carbocycles. The van der Waals surface area contributed by atoms with E-state index in [2.05, 4.69) is 27.8 Å². The smallest absolute Gasteiger partial charge is 0.236 e. The van der Waals surface area contributed by atoms with Crippen LogP contribution in [-0.4, -0.2) is 24.0 Å². The normalized spacial score (nSPS) is 10.3. The third-order valence-corrected chi connectivity index (χ3v) is 2.93. The molecule has 0 bridgehead atoms. The Hall–Kier alpha value is -0.810. The van der Waals surface area contributed by atoms with E-state index < -0.39 is 0 Å². The zero-order valence-electron chi connectivity index (χ0n) is 9.62. The molecule has 0 fully saturated rings. The summed E-state index contributed by atoms with van der Waals surface area (Å²) in [7, 11) is 0. The highest BCUT2D eigenvalue weighted by Gasteiger charge is 2.14. The molecule has 0 spiro atoms. The van der Waals surface area contributed by atoms with Crippen molar-refractivity contribution in [3.05, 3.63) is 21.8 Å². The maximum atomic E-state index is 11.0. The standard InChI is InChI=1S/C11H15BrClN3O/c1-2-3-4-16(7-10(14)17)11-9(13)5-8(12)6-15-11/h5-6H,2-4,7H2,1H3,(H2,14,17). The van der Waals surface area contributed by atoms with Gasteiger partial charge < -0.3 is 10.6 Å². The maximum Gasteiger partial charge on any atom is 0.236 e. The molecular weight excluding hydrogens is 305 g/mol. The van der Waals surface area contributed by atoms with Crippen molar-refractivity contribution in [3.63, 3.8) is 0 Å². The molecule has 0 unspecified atom stereocenters. The number of unbranched alkanes of at least 4 members (excludes halogenated alkanes) is 1. The van der Waals surface area contributed by atoms with Gasteiger partial charge in [-0.05, 0) is 28.4 Å². The van der Waals surface area contributed by atoms with Crippen molar-refractivity contribution in [1.29, 1.82) is 0 Å². The number of nitrogens with zero attached hydrogens (tertiary/aromatic N) is 2. The van der Waals surface area contributed by atoms with Crippen molar-refractivity contribution in [2.75, 3.05) is 18.0 Å². The molecule has 0 aliphatic rings. The number of carbonyl (C=O) groups excluding carboxylic acids is 1. The lowest BCUT2D eigenvalue weighted by Crippen LogP contribution is -2.35. The highest BCUT2D eigenvalue weighted by Crippen LogP contribution is 2.26. The third kappa shape index (κ3) is 4.52. The molecule has 0 aliphatic heterocycles. The molecule has 1 rings (SSSR count). The first-order chi connectivity index (χ1) is 8.04. The Labute approximate surface area is 114 Å². The highest BCUT2D eigenvalue weighted by molar-refractivity contribution is 9.10. The number of nitrogens with two attached hydrogens (primary N) is 1. The van der Waals surface area contributed by atoms with Gasteiger partial charge in [0.15, 0.2) is 0 Å². The van der Waals surface area contributed by atoms with Gasteiger partial charge in [0.25, 0.3) is 0 Å². The summed E-state index contributed by atoms with van der Waals surface area (Å²) in [5.74, 6) is 0.212. The Kier molecular flexibility index (Phi) is 5.71. The van der Waals surface area contributed by atoms with Crippen LogP contribution < -0.4 is 10.6 Å². The van der Waals surface area contributed by atoms with Crippen LogP contribution in [0, 0.1) is 0 Å². The van der Waals surface area contributed by atoms with Gasteiger partial charge >= 0.3 is 0 Å². The van der Waals surface area contributed by atoms with E-state index in [1.54, 1.807) is 17.2 Å². The van der Waals surface area contributed by atoms with Gasteiger partial charge in [0.05, 0.1) is 11.6 Å². The van der Waals surface area contributed by atoms with Gasteiger partial charge in [-0.3, -0.25) is 4.79 Å². The van der Waals surface area contributed by atoms with Crippen molar-refractivity contribution in [3.8, 4) is 0 Å². The van der Waals surface area contributed by atoms with Gasteiger partial charge in [0.1, 0.15) is 5.82 Å². The number of primary amides is 1. The van der Waals surface area contributed by atoms with E-state index in [0.717, 1.165) is 17.3 Å². The molecule has 94 valence electrons. The monoisotopic (exact) mass is 319 g/mol. The maximum absolute atomic E-state index is 11.0. The number of carbonyl (C=O) groups is 1. The molecule has 1 aromatic heterocycles. The van der Waals surface area contributed by atoms with Gasteiger partial charge in [-0.1, -0.05) is 24.9 Å². The first-order valence-electron chi connectivity index (χ1n) is 5.39. The van der Waals surface area contributed by atoms with Crippen LogP contribution in [0.4, 0.5) is 5.82 Å². The minimum Gasteiger partial charge on any atom is -0.368 e. The minimum atomic E-state index is -0.387. The van der Waals surface area contributed by atoms with Gasteiger partial charge in [-0.15, -0.1) is 0 Å². The molecule has 0 atom stereocenters. The minimum absolute atomic E-state index is 0.133. The number of hydrogen-bond acceptors (Lipinski definition) is 3. The third-order valence-electron chi connectivity index (χ3n) is 2.22. The number of halogens is 2. The van der Waals surface area contributed by atoms with Crippen molar-refractivity contribution >= 4 is 39.3 Å². The van der Waals surface area contributed by atoms with Crippen LogP contribution in [0.25, 0.3) is 0 Å². The summed E-state index contributed by atoms with van der Waals surface area (Å²) in [5.41, 5.74) is 5.22. The largest absolute Gasteiger partial charge is 0.368 e. The van der Waals surface area contributed by atoms with Crippen LogP contribution in [0.5, 0.6) is 0 Å². The SMILES string of the molecule is CCCCN(CC(N)=O)c1ncc(Br)cc1Cl. The summed E-state index contributed by atoms with van der Waals surface area (Å²) >= 11 is 9.39. The number of amides is 1. The van der Waals surface area contributed by atoms with Gasteiger partial charge in [0, 0.05) is 17.2 Å².